The molecule has 0 radical (unpaired) electrons. The highest BCUT2D eigenvalue weighted by atomic mass is 16.3. The van der Waals surface area contributed by atoms with Crippen molar-refractivity contribution in [3.05, 3.63) is 0 Å². The molecule has 0 aromatic carbocycles. The lowest BCUT2D eigenvalue weighted by Crippen LogP contribution is -2.46. The minimum Gasteiger partial charge on any atom is -0.382 e. The molecule has 0 bridgehead atoms. The van der Waals surface area contributed by atoms with Gasteiger partial charge >= 0.3 is 0 Å². The number of rotatable bonds is 9. The third-order valence-electron chi connectivity index (χ3n) is 2.67. The van der Waals surface area contributed by atoms with Gasteiger partial charge < -0.3 is 16.2 Å². The smallest absolute Gasteiger partial charge is 0.250 e. The normalized spacial score (nSPS) is 14.5. The van der Waals surface area contributed by atoms with Crippen LogP contribution in [0.3, 0.4) is 0 Å². The Bertz CT molecular complexity index is 186. The fourth-order valence-corrected chi connectivity index (χ4v) is 1.61. The average Bonchev–Trinajstić information content (AvgIpc) is 2.27. The van der Waals surface area contributed by atoms with E-state index in [0.717, 1.165) is 12.8 Å². The quantitative estimate of drug-likeness (QED) is 0.520. The van der Waals surface area contributed by atoms with Crippen molar-refractivity contribution in [1.29, 1.82) is 0 Å². The van der Waals surface area contributed by atoms with Gasteiger partial charge in [0.25, 0.3) is 0 Å². The number of aliphatic hydroxyl groups is 1. The topological polar surface area (TPSA) is 75.3 Å². The molecule has 4 nitrogen and oxygen atoms in total. The number of carbonyl (C=O) groups excluding carboxylic acids is 1. The molecule has 16 heavy (non-hydrogen) atoms. The molecule has 0 aliphatic rings. The molecule has 0 aliphatic heterocycles. The number of nitrogens with one attached hydrogen (secondary N) is 1. The summed E-state index contributed by atoms with van der Waals surface area (Å²) in [5.74, 6) is -0.358. The molecule has 0 rings (SSSR count). The Morgan fingerprint density at radius 3 is 2.44 bits per heavy atom. The van der Waals surface area contributed by atoms with Crippen molar-refractivity contribution in [3.63, 3.8) is 0 Å². The Morgan fingerprint density at radius 2 is 1.88 bits per heavy atom. The number of unbranched alkanes of at least 4 members (excludes halogenated alkanes) is 4. The summed E-state index contributed by atoms with van der Waals surface area (Å²) in [6, 6.07) is -0.437. The van der Waals surface area contributed by atoms with Gasteiger partial charge in [0.15, 0.2) is 0 Å². The highest BCUT2D eigenvalue weighted by Gasteiger charge is 2.21. The molecule has 0 spiro atoms. The van der Waals surface area contributed by atoms with Crippen LogP contribution in [0, 0.1) is 0 Å². The van der Waals surface area contributed by atoms with E-state index < -0.39 is 12.1 Å². The van der Waals surface area contributed by atoms with E-state index in [4.69, 9.17) is 5.73 Å². The van der Waals surface area contributed by atoms with E-state index in [0.29, 0.717) is 13.0 Å². The maximum Gasteiger partial charge on any atom is 0.250 e. The molecule has 0 saturated heterocycles. The number of amides is 1. The van der Waals surface area contributed by atoms with Gasteiger partial charge in [0, 0.05) is 12.6 Å². The monoisotopic (exact) mass is 230 g/mol. The van der Waals surface area contributed by atoms with Crippen LogP contribution < -0.4 is 11.1 Å². The van der Waals surface area contributed by atoms with Crippen molar-refractivity contribution in [1.82, 2.24) is 5.32 Å². The number of aliphatic hydroxyl groups excluding tert-OH is 1. The van der Waals surface area contributed by atoms with E-state index in [1.165, 1.54) is 19.3 Å². The van der Waals surface area contributed by atoms with Gasteiger partial charge in [-0.05, 0) is 13.3 Å². The zero-order chi connectivity index (χ0) is 12.4. The predicted octanol–water partition coefficient (Wildman–Crippen LogP) is 1.17. The van der Waals surface area contributed by atoms with Gasteiger partial charge in [0.1, 0.15) is 6.10 Å². The molecule has 0 aromatic rings. The van der Waals surface area contributed by atoms with Crippen molar-refractivity contribution in [2.45, 2.75) is 64.5 Å². The molecule has 4 heteroatoms. The number of carbonyl (C=O) groups is 1. The van der Waals surface area contributed by atoms with Crippen LogP contribution in [0.5, 0.6) is 0 Å². The molecule has 96 valence electrons. The van der Waals surface area contributed by atoms with Gasteiger partial charge in [-0.3, -0.25) is 4.79 Å². The van der Waals surface area contributed by atoms with Crippen molar-refractivity contribution in [3.8, 4) is 0 Å². The Labute approximate surface area is 98.6 Å². The Hall–Kier alpha value is -0.610. The maximum absolute atomic E-state index is 11.3. The van der Waals surface area contributed by atoms with Crippen LogP contribution in [0.4, 0.5) is 0 Å². The van der Waals surface area contributed by atoms with E-state index in [1.807, 2.05) is 6.92 Å². The molecule has 0 heterocycles. The van der Waals surface area contributed by atoms with Gasteiger partial charge in [-0.2, -0.15) is 0 Å². The van der Waals surface area contributed by atoms with E-state index >= 15 is 0 Å². The maximum atomic E-state index is 11.3. The lowest BCUT2D eigenvalue weighted by molar-refractivity contribution is -0.130. The molecular formula is C12H26N2O2. The second kappa shape index (κ2) is 9.60. The molecule has 0 aromatic heterocycles. The van der Waals surface area contributed by atoms with Crippen LogP contribution in [0.2, 0.25) is 0 Å². The Balaban J connectivity index is 3.62. The van der Waals surface area contributed by atoms with E-state index in [9.17, 15) is 9.90 Å². The molecule has 1 amide bonds. The lowest BCUT2D eigenvalue weighted by Gasteiger charge is -2.17. The van der Waals surface area contributed by atoms with Crippen molar-refractivity contribution in [2.75, 3.05) is 6.54 Å². The highest BCUT2D eigenvalue weighted by molar-refractivity contribution is 5.81. The minimum absolute atomic E-state index is 0.358. The Morgan fingerprint density at radius 1 is 1.25 bits per heavy atom. The summed E-state index contributed by atoms with van der Waals surface area (Å²) in [4.78, 5) is 11.3. The minimum atomic E-state index is -1.06. The molecule has 2 unspecified atom stereocenters. The van der Waals surface area contributed by atoms with Crippen molar-refractivity contribution in [2.24, 2.45) is 5.73 Å². The van der Waals surface area contributed by atoms with Crippen LogP contribution in [0.1, 0.15) is 52.4 Å². The summed E-state index contributed by atoms with van der Waals surface area (Å²) >= 11 is 0. The molecular weight excluding hydrogens is 204 g/mol. The SMILES string of the molecule is CCCCCCCC(N)C(O)C(=O)NCC. The molecule has 2 atom stereocenters. The first-order valence-corrected chi connectivity index (χ1v) is 6.34. The third-order valence-corrected chi connectivity index (χ3v) is 2.67. The predicted molar refractivity (Wildman–Crippen MR) is 66.0 cm³/mol. The second-order valence-electron chi connectivity index (χ2n) is 4.21. The van der Waals surface area contributed by atoms with Crippen LogP contribution in [0.15, 0.2) is 0 Å². The van der Waals surface area contributed by atoms with E-state index in [-0.39, 0.29) is 5.91 Å². The van der Waals surface area contributed by atoms with Crippen molar-refractivity contribution >= 4 is 5.91 Å². The van der Waals surface area contributed by atoms with E-state index in [1.54, 1.807) is 0 Å². The van der Waals surface area contributed by atoms with Gasteiger partial charge in [0.2, 0.25) is 5.91 Å². The number of hydrogen-bond acceptors (Lipinski definition) is 3. The first-order chi connectivity index (χ1) is 7.63. The third kappa shape index (κ3) is 6.80. The zero-order valence-electron chi connectivity index (χ0n) is 10.5. The summed E-state index contributed by atoms with van der Waals surface area (Å²) in [5, 5.41) is 12.2. The number of likely N-dealkylation sites (N-methyl/N-ethyl adjacent to an activating group) is 1. The molecule has 0 aliphatic carbocycles. The molecule has 0 fully saturated rings. The van der Waals surface area contributed by atoms with Gasteiger partial charge in [-0.15, -0.1) is 0 Å². The largest absolute Gasteiger partial charge is 0.382 e. The first-order valence-electron chi connectivity index (χ1n) is 6.34. The standard InChI is InChI=1S/C12H26N2O2/c1-3-5-6-7-8-9-10(13)11(15)12(16)14-4-2/h10-11,15H,3-9,13H2,1-2H3,(H,14,16). The molecule has 0 saturated carbocycles. The van der Waals surface area contributed by atoms with Gasteiger partial charge in [0.05, 0.1) is 0 Å². The summed E-state index contributed by atoms with van der Waals surface area (Å²) < 4.78 is 0. The fourth-order valence-electron chi connectivity index (χ4n) is 1.61. The van der Waals surface area contributed by atoms with Crippen LogP contribution in [0.25, 0.3) is 0 Å². The Kier molecular flexibility index (Phi) is 9.24. The van der Waals surface area contributed by atoms with Gasteiger partial charge in [-0.1, -0.05) is 39.0 Å². The summed E-state index contributed by atoms with van der Waals surface area (Å²) in [6.07, 6.45) is 5.43. The van der Waals surface area contributed by atoms with Gasteiger partial charge in [-0.25, -0.2) is 0 Å². The van der Waals surface area contributed by atoms with Crippen LogP contribution in [-0.2, 0) is 4.79 Å². The zero-order valence-corrected chi connectivity index (χ0v) is 10.5. The van der Waals surface area contributed by atoms with Crippen LogP contribution >= 0.6 is 0 Å². The van der Waals surface area contributed by atoms with Crippen molar-refractivity contribution < 1.29 is 9.90 Å². The summed E-state index contributed by atoms with van der Waals surface area (Å²) in [5.41, 5.74) is 5.75. The number of hydrogen-bond donors (Lipinski definition) is 3. The lowest BCUT2D eigenvalue weighted by atomic mass is 10.0. The molecule has 4 N–H and O–H groups in total. The first kappa shape index (κ1) is 15.4. The van der Waals surface area contributed by atoms with Crippen LogP contribution in [-0.4, -0.2) is 29.7 Å². The summed E-state index contributed by atoms with van der Waals surface area (Å²) in [6.45, 7) is 4.52. The summed E-state index contributed by atoms with van der Waals surface area (Å²) in [7, 11) is 0. The highest BCUT2D eigenvalue weighted by Crippen LogP contribution is 2.08. The fraction of sp³-hybridized carbons (Fsp3) is 0.917. The second-order valence-corrected chi connectivity index (χ2v) is 4.21. The number of nitrogens with two attached hydrogens (primary N) is 1. The average molecular weight is 230 g/mol. The van der Waals surface area contributed by atoms with E-state index in [2.05, 4.69) is 12.2 Å².